The summed E-state index contributed by atoms with van der Waals surface area (Å²) in [6.45, 7) is 5.91. The predicted molar refractivity (Wildman–Crippen MR) is 105 cm³/mol. The lowest BCUT2D eigenvalue weighted by molar-refractivity contribution is -0.245. The zero-order chi connectivity index (χ0) is 20.4. The molecule has 0 radical (unpaired) electrons. The maximum atomic E-state index is 13.2. The number of rotatable bonds is 6. The zero-order valence-corrected chi connectivity index (χ0v) is 17.2. The van der Waals surface area contributed by atoms with Gasteiger partial charge in [0.2, 0.25) is 0 Å². The van der Waals surface area contributed by atoms with Gasteiger partial charge in [0, 0.05) is 0 Å². The molecule has 0 aliphatic carbocycles. The molecule has 7 heteroatoms. The third-order valence-corrected chi connectivity index (χ3v) is 6.54. The van der Waals surface area contributed by atoms with Gasteiger partial charge in [0.05, 0.1) is 16.5 Å². The lowest BCUT2D eigenvalue weighted by Gasteiger charge is -2.34. The van der Waals surface area contributed by atoms with Crippen LogP contribution >= 0.6 is 0 Å². The molecule has 3 rings (SSSR count). The van der Waals surface area contributed by atoms with Gasteiger partial charge in [-0.1, -0.05) is 18.2 Å². The molecule has 0 amide bonds. The molecule has 1 unspecified atom stereocenters. The Labute approximate surface area is 165 Å². The Hall–Kier alpha value is -1.96. The van der Waals surface area contributed by atoms with E-state index < -0.39 is 20.8 Å². The highest BCUT2D eigenvalue weighted by molar-refractivity contribution is 7.92. The Morgan fingerprint density at radius 1 is 1.04 bits per heavy atom. The van der Waals surface area contributed by atoms with E-state index in [2.05, 4.69) is 0 Å². The van der Waals surface area contributed by atoms with Crippen LogP contribution in [-0.2, 0) is 14.7 Å². The fourth-order valence-electron chi connectivity index (χ4n) is 3.21. The van der Waals surface area contributed by atoms with Gasteiger partial charge in [-0.2, -0.15) is 5.06 Å². The van der Waals surface area contributed by atoms with E-state index >= 15 is 0 Å². The lowest BCUT2D eigenvalue weighted by Crippen LogP contribution is -2.47. The second-order valence-electron chi connectivity index (χ2n) is 7.87. The molecule has 2 aromatic rings. The Morgan fingerprint density at radius 3 is 2.29 bits per heavy atom. The fraction of sp³-hybridized carbons (Fsp3) is 0.429. The predicted octanol–water partition coefficient (Wildman–Crippen LogP) is 4.20. The van der Waals surface area contributed by atoms with Crippen LogP contribution in [0.25, 0.3) is 0 Å². The average molecular weight is 408 g/mol. The summed E-state index contributed by atoms with van der Waals surface area (Å²) in [4.78, 5) is 6.33. The van der Waals surface area contributed by atoms with Gasteiger partial charge < -0.3 is 4.74 Å². The standard InChI is InChI=1S/C21H26FNO4S/c1-21(2,3)27-23-17(15-26-18-12-9-16(22)10-13-18)11-14-20(23)28(24,25)19-7-5-4-6-8-19/h4-10,12-13,17,20H,11,14-15H2,1-3H3/t17-,20?/m0/s1. The van der Waals surface area contributed by atoms with E-state index in [9.17, 15) is 12.8 Å². The third-order valence-electron chi connectivity index (χ3n) is 4.46. The molecular formula is C21H26FNO4S. The molecule has 1 heterocycles. The highest BCUT2D eigenvalue weighted by atomic mass is 32.2. The smallest absolute Gasteiger partial charge is 0.196 e. The Kier molecular flexibility index (Phi) is 6.07. The molecule has 0 saturated carbocycles. The molecule has 2 atom stereocenters. The normalized spacial score (nSPS) is 21.0. The summed E-state index contributed by atoms with van der Waals surface area (Å²) in [5, 5.41) is 0.794. The van der Waals surface area contributed by atoms with Crippen molar-refractivity contribution in [3.8, 4) is 5.75 Å². The van der Waals surface area contributed by atoms with E-state index in [4.69, 9.17) is 9.57 Å². The van der Waals surface area contributed by atoms with Crippen LogP contribution in [0.5, 0.6) is 5.75 Å². The minimum Gasteiger partial charge on any atom is -0.492 e. The van der Waals surface area contributed by atoms with Crippen LogP contribution < -0.4 is 4.74 Å². The summed E-state index contributed by atoms with van der Waals surface area (Å²) in [5.41, 5.74) is -0.553. The number of benzene rings is 2. The van der Waals surface area contributed by atoms with E-state index in [0.717, 1.165) is 0 Å². The molecule has 1 aliphatic heterocycles. The van der Waals surface area contributed by atoms with Crippen molar-refractivity contribution in [2.45, 2.75) is 55.5 Å². The topological polar surface area (TPSA) is 55.8 Å². The average Bonchev–Trinajstić information content (AvgIpc) is 3.03. The fourth-order valence-corrected chi connectivity index (χ4v) is 5.00. The van der Waals surface area contributed by atoms with Crippen molar-refractivity contribution in [2.75, 3.05) is 6.61 Å². The van der Waals surface area contributed by atoms with Gasteiger partial charge in [-0.15, -0.1) is 0 Å². The molecule has 1 saturated heterocycles. The Balaban J connectivity index is 1.80. The van der Waals surface area contributed by atoms with Crippen LogP contribution in [0.2, 0.25) is 0 Å². The number of halogens is 1. The summed E-state index contributed by atoms with van der Waals surface area (Å²) >= 11 is 0. The first-order valence-corrected chi connectivity index (χ1v) is 10.9. The van der Waals surface area contributed by atoms with Gasteiger partial charge in [-0.05, 0) is 70.0 Å². The molecule has 1 aliphatic rings. The van der Waals surface area contributed by atoms with E-state index in [1.165, 1.54) is 12.1 Å². The Bertz CT molecular complexity index is 879. The van der Waals surface area contributed by atoms with Crippen LogP contribution in [0.1, 0.15) is 33.6 Å². The van der Waals surface area contributed by atoms with Crippen LogP contribution in [0.3, 0.4) is 0 Å². The first-order valence-electron chi connectivity index (χ1n) is 9.31. The monoisotopic (exact) mass is 407 g/mol. The number of nitrogens with zero attached hydrogens (tertiary/aromatic N) is 1. The number of ether oxygens (including phenoxy) is 1. The van der Waals surface area contributed by atoms with Crippen molar-refractivity contribution >= 4 is 9.84 Å². The van der Waals surface area contributed by atoms with E-state index in [1.807, 2.05) is 20.8 Å². The highest BCUT2D eigenvalue weighted by Gasteiger charge is 2.45. The number of hydroxylamine groups is 2. The summed E-state index contributed by atoms with van der Waals surface area (Å²) in [5.74, 6) is 0.200. The zero-order valence-electron chi connectivity index (χ0n) is 16.3. The van der Waals surface area contributed by atoms with Crippen LogP contribution in [0, 0.1) is 5.82 Å². The third kappa shape index (κ3) is 4.90. The molecule has 5 nitrogen and oxygen atoms in total. The van der Waals surface area contributed by atoms with Crippen molar-refractivity contribution in [2.24, 2.45) is 0 Å². The van der Waals surface area contributed by atoms with E-state index in [0.29, 0.717) is 18.6 Å². The van der Waals surface area contributed by atoms with E-state index in [-0.39, 0.29) is 23.4 Å². The minimum atomic E-state index is -3.59. The number of sulfone groups is 1. The first kappa shape index (κ1) is 20.8. The molecule has 0 spiro atoms. The highest BCUT2D eigenvalue weighted by Crippen LogP contribution is 2.34. The summed E-state index contributed by atoms with van der Waals surface area (Å²) in [6, 6.07) is 14.0. The summed E-state index contributed by atoms with van der Waals surface area (Å²) < 4.78 is 45.2. The maximum Gasteiger partial charge on any atom is 0.196 e. The molecule has 28 heavy (non-hydrogen) atoms. The lowest BCUT2D eigenvalue weighted by atomic mass is 10.2. The quantitative estimate of drug-likeness (QED) is 0.718. The van der Waals surface area contributed by atoms with Crippen molar-refractivity contribution < 1.29 is 22.4 Å². The summed E-state index contributed by atoms with van der Waals surface area (Å²) in [7, 11) is -3.59. The number of hydrogen-bond donors (Lipinski definition) is 0. The second kappa shape index (κ2) is 8.19. The SMILES string of the molecule is CC(C)(C)ON1C(S(=O)(=O)c2ccccc2)CC[C@H]1COc1ccc(F)cc1. The van der Waals surface area contributed by atoms with E-state index in [1.54, 1.807) is 47.5 Å². The van der Waals surface area contributed by atoms with Crippen molar-refractivity contribution in [1.82, 2.24) is 5.06 Å². The van der Waals surface area contributed by atoms with Gasteiger partial charge in [0.15, 0.2) is 9.84 Å². The van der Waals surface area contributed by atoms with Crippen LogP contribution in [0.15, 0.2) is 59.5 Å². The Morgan fingerprint density at radius 2 is 1.68 bits per heavy atom. The molecule has 152 valence electrons. The van der Waals surface area contributed by atoms with Gasteiger partial charge in [-0.25, -0.2) is 12.8 Å². The van der Waals surface area contributed by atoms with Crippen LogP contribution in [-0.4, -0.2) is 37.1 Å². The first-order chi connectivity index (χ1) is 13.2. The molecule has 0 N–H and O–H groups in total. The van der Waals surface area contributed by atoms with Crippen molar-refractivity contribution in [3.05, 3.63) is 60.4 Å². The van der Waals surface area contributed by atoms with Gasteiger partial charge in [-0.3, -0.25) is 4.84 Å². The van der Waals surface area contributed by atoms with Crippen LogP contribution in [0.4, 0.5) is 4.39 Å². The second-order valence-corrected chi connectivity index (χ2v) is 9.98. The summed E-state index contributed by atoms with van der Waals surface area (Å²) in [6.07, 6.45) is 1.07. The maximum absolute atomic E-state index is 13.2. The van der Waals surface area contributed by atoms with Crippen molar-refractivity contribution in [1.29, 1.82) is 0 Å². The molecule has 0 aromatic heterocycles. The van der Waals surface area contributed by atoms with Gasteiger partial charge in [0.25, 0.3) is 0 Å². The van der Waals surface area contributed by atoms with Crippen molar-refractivity contribution in [3.63, 3.8) is 0 Å². The molecule has 1 fully saturated rings. The molecular weight excluding hydrogens is 381 g/mol. The number of hydrogen-bond acceptors (Lipinski definition) is 5. The molecule has 0 bridgehead atoms. The van der Waals surface area contributed by atoms with Gasteiger partial charge >= 0.3 is 0 Å². The van der Waals surface area contributed by atoms with Gasteiger partial charge in [0.1, 0.15) is 23.5 Å². The molecule has 2 aromatic carbocycles. The largest absolute Gasteiger partial charge is 0.492 e. The minimum absolute atomic E-state index is 0.229.